The Balaban J connectivity index is 1.77. The van der Waals surface area contributed by atoms with Gasteiger partial charge in [0.25, 0.3) is 0 Å². The second-order valence-corrected chi connectivity index (χ2v) is 9.92. The highest BCUT2D eigenvalue weighted by Crippen LogP contribution is 2.32. The van der Waals surface area contributed by atoms with Crippen LogP contribution in [-0.2, 0) is 26.6 Å². The van der Waals surface area contributed by atoms with Crippen molar-refractivity contribution < 1.29 is 22.7 Å². The van der Waals surface area contributed by atoms with E-state index >= 15 is 0 Å². The van der Waals surface area contributed by atoms with Crippen LogP contribution in [0.3, 0.4) is 0 Å². The minimum atomic E-state index is -3.93. The molecule has 0 aromatic carbocycles. The van der Waals surface area contributed by atoms with E-state index in [9.17, 15) is 18.0 Å². The van der Waals surface area contributed by atoms with E-state index in [2.05, 4.69) is 10.3 Å². The van der Waals surface area contributed by atoms with E-state index in [-0.39, 0.29) is 42.0 Å². The minimum Gasteiger partial charge on any atom is -0.462 e. The summed E-state index contributed by atoms with van der Waals surface area (Å²) in [6.45, 7) is 7.51. The number of aromatic nitrogens is 2. The number of sulfonamides is 1. The van der Waals surface area contributed by atoms with Crippen LogP contribution in [0, 0.1) is 26.7 Å². The van der Waals surface area contributed by atoms with Crippen LogP contribution in [0.15, 0.2) is 23.2 Å². The predicted molar refractivity (Wildman–Crippen MR) is 120 cm³/mol. The van der Waals surface area contributed by atoms with Crippen molar-refractivity contribution in [3.05, 3.63) is 40.8 Å². The largest absolute Gasteiger partial charge is 0.462 e. The number of piperidine rings is 1. The van der Waals surface area contributed by atoms with Gasteiger partial charge in [0.1, 0.15) is 16.3 Å². The topological polar surface area (TPSA) is 111 Å². The van der Waals surface area contributed by atoms with E-state index in [1.807, 2.05) is 13.0 Å². The monoisotopic (exact) mass is 462 g/mol. The summed E-state index contributed by atoms with van der Waals surface area (Å²) in [6.07, 6.45) is 2.40. The lowest BCUT2D eigenvalue weighted by molar-refractivity contribution is -0.120. The molecule has 174 valence electrons. The molecule has 0 radical (unpaired) electrons. The van der Waals surface area contributed by atoms with Crippen LogP contribution < -0.4 is 5.32 Å². The maximum Gasteiger partial charge on any atom is 0.341 e. The number of nitrogens with one attached hydrogen (secondary N) is 1. The van der Waals surface area contributed by atoms with E-state index in [1.165, 1.54) is 4.31 Å². The minimum absolute atomic E-state index is 0.0113. The summed E-state index contributed by atoms with van der Waals surface area (Å²) in [4.78, 5) is 29.3. The predicted octanol–water partition coefficient (Wildman–Crippen LogP) is 2.56. The van der Waals surface area contributed by atoms with Crippen molar-refractivity contribution in [3.63, 3.8) is 0 Å². The SMILES string of the molecule is CCOC(=O)c1c(S(=O)(=O)N2CCC(C(=O)Nc3cc(C)ccn3)CC2)c(C)n(C)c1C. The smallest absolute Gasteiger partial charge is 0.341 e. The molecule has 1 aliphatic heterocycles. The van der Waals surface area contributed by atoms with Gasteiger partial charge in [-0.05, 0) is 58.2 Å². The average Bonchev–Trinajstić information content (AvgIpc) is 2.98. The van der Waals surface area contributed by atoms with Crippen molar-refractivity contribution in [1.29, 1.82) is 0 Å². The van der Waals surface area contributed by atoms with Crippen molar-refractivity contribution in [2.75, 3.05) is 25.0 Å². The van der Waals surface area contributed by atoms with E-state index in [1.54, 1.807) is 44.6 Å². The quantitative estimate of drug-likeness (QED) is 0.661. The molecule has 1 fully saturated rings. The third-order valence-electron chi connectivity index (χ3n) is 5.99. The number of esters is 1. The van der Waals surface area contributed by atoms with Crippen LogP contribution in [0.2, 0.25) is 0 Å². The number of amides is 1. The van der Waals surface area contributed by atoms with Gasteiger partial charge in [0.2, 0.25) is 15.9 Å². The molecular weight excluding hydrogens is 432 g/mol. The van der Waals surface area contributed by atoms with Gasteiger partial charge in [-0.1, -0.05) is 0 Å². The average molecular weight is 463 g/mol. The highest BCUT2D eigenvalue weighted by Gasteiger charge is 2.38. The first-order valence-corrected chi connectivity index (χ1v) is 12.1. The molecule has 3 rings (SSSR count). The van der Waals surface area contributed by atoms with Crippen LogP contribution in [0.1, 0.15) is 47.1 Å². The van der Waals surface area contributed by atoms with E-state index in [0.29, 0.717) is 30.0 Å². The highest BCUT2D eigenvalue weighted by atomic mass is 32.2. The van der Waals surface area contributed by atoms with E-state index in [4.69, 9.17) is 4.74 Å². The molecule has 1 saturated heterocycles. The first kappa shape index (κ1) is 23.9. The van der Waals surface area contributed by atoms with Crippen LogP contribution in [0.25, 0.3) is 0 Å². The Morgan fingerprint density at radius 1 is 1.19 bits per heavy atom. The second kappa shape index (κ2) is 9.41. The molecule has 32 heavy (non-hydrogen) atoms. The standard InChI is InChI=1S/C22H30N4O5S/c1-6-31-22(28)19-15(3)25(5)16(4)20(19)32(29,30)26-11-8-17(9-12-26)21(27)24-18-13-14(2)7-10-23-18/h7,10,13,17H,6,8-9,11-12H2,1-5H3,(H,23,24,27). The summed E-state index contributed by atoms with van der Waals surface area (Å²) in [5.74, 6) is -0.641. The van der Waals surface area contributed by atoms with Crippen molar-refractivity contribution in [1.82, 2.24) is 13.9 Å². The Hall–Kier alpha value is -2.72. The molecule has 0 aliphatic carbocycles. The number of aryl methyl sites for hydroxylation is 1. The fourth-order valence-electron chi connectivity index (χ4n) is 4.00. The first-order valence-electron chi connectivity index (χ1n) is 10.6. The van der Waals surface area contributed by atoms with Crippen molar-refractivity contribution in [2.24, 2.45) is 13.0 Å². The Kier molecular flexibility index (Phi) is 7.04. The number of rotatable bonds is 6. The summed E-state index contributed by atoms with van der Waals surface area (Å²) >= 11 is 0. The Morgan fingerprint density at radius 2 is 1.84 bits per heavy atom. The number of hydrogen-bond donors (Lipinski definition) is 1. The molecular formula is C22H30N4O5S. The number of carbonyl (C=O) groups is 2. The Labute approximate surface area is 188 Å². The Bertz CT molecular complexity index is 1130. The number of carbonyl (C=O) groups excluding carboxylic acids is 2. The molecule has 3 heterocycles. The molecule has 0 atom stereocenters. The maximum absolute atomic E-state index is 13.5. The highest BCUT2D eigenvalue weighted by molar-refractivity contribution is 7.89. The van der Waals surface area contributed by atoms with Gasteiger partial charge in [-0.3, -0.25) is 4.79 Å². The van der Waals surface area contributed by atoms with Gasteiger partial charge in [0, 0.05) is 43.6 Å². The molecule has 0 saturated carbocycles. The molecule has 9 nitrogen and oxygen atoms in total. The van der Waals surface area contributed by atoms with Gasteiger partial charge in [-0.2, -0.15) is 4.31 Å². The van der Waals surface area contributed by atoms with Gasteiger partial charge >= 0.3 is 5.97 Å². The van der Waals surface area contributed by atoms with E-state index < -0.39 is 16.0 Å². The lowest BCUT2D eigenvalue weighted by atomic mass is 9.97. The first-order chi connectivity index (χ1) is 15.1. The molecule has 1 aliphatic rings. The van der Waals surface area contributed by atoms with Gasteiger partial charge in [-0.25, -0.2) is 18.2 Å². The molecule has 2 aromatic rings. The third kappa shape index (κ3) is 4.56. The molecule has 0 unspecified atom stereocenters. The Morgan fingerprint density at radius 3 is 2.44 bits per heavy atom. The number of ether oxygens (including phenoxy) is 1. The lowest BCUT2D eigenvalue weighted by Gasteiger charge is -2.30. The zero-order valence-corrected chi connectivity index (χ0v) is 20.0. The zero-order valence-electron chi connectivity index (χ0n) is 19.1. The summed E-state index contributed by atoms with van der Waals surface area (Å²) in [6, 6.07) is 3.63. The zero-order chi connectivity index (χ0) is 23.6. The summed E-state index contributed by atoms with van der Waals surface area (Å²) in [5.41, 5.74) is 2.09. The fourth-order valence-corrected chi connectivity index (χ4v) is 5.95. The number of nitrogens with zero attached hydrogens (tertiary/aromatic N) is 3. The summed E-state index contributed by atoms with van der Waals surface area (Å²) in [5, 5.41) is 2.81. The van der Waals surface area contributed by atoms with Gasteiger partial charge < -0.3 is 14.6 Å². The molecule has 0 bridgehead atoms. The van der Waals surface area contributed by atoms with Gasteiger partial charge in [-0.15, -0.1) is 0 Å². The molecule has 1 N–H and O–H groups in total. The van der Waals surface area contributed by atoms with Crippen molar-refractivity contribution in [2.45, 2.75) is 45.4 Å². The number of pyridine rings is 1. The van der Waals surface area contributed by atoms with Crippen LogP contribution >= 0.6 is 0 Å². The van der Waals surface area contributed by atoms with Crippen molar-refractivity contribution in [3.8, 4) is 0 Å². The van der Waals surface area contributed by atoms with Gasteiger partial charge in [0.15, 0.2) is 0 Å². The van der Waals surface area contributed by atoms with Crippen LogP contribution in [-0.4, -0.2) is 53.8 Å². The third-order valence-corrected chi connectivity index (χ3v) is 8.05. The lowest BCUT2D eigenvalue weighted by Crippen LogP contribution is -2.42. The molecule has 10 heteroatoms. The number of anilines is 1. The molecule has 0 spiro atoms. The summed E-state index contributed by atoms with van der Waals surface area (Å²) in [7, 11) is -2.21. The summed E-state index contributed by atoms with van der Waals surface area (Å²) < 4.78 is 35.2. The normalized spacial score (nSPS) is 15.5. The molecule has 1 amide bonds. The molecule has 2 aromatic heterocycles. The maximum atomic E-state index is 13.5. The van der Waals surface area contributed by atoms with Gasteiger partial charge in [0.05, 0.1) is 6.61 Å². The van der Waals surface area contributed by atoms with E-state index in [0.717, 1.165) is 5.56 Å². The number of hydrogen-bond acceptors (Lipinski definition) is 6. The van der Waals surface area contributed by atoms with Crippen LogP contribution in [0.4, 0.5) is 5.82 Å². The van der Waals surface area contributed by atoms with Crippen molar-refractivity contribution >= 4 is 27.7 Å². The van der Waals surface area contributed by atoms with Crippen LogP contribution in [0.5, 0.6) is 0 Å². The fraction of sp³-hybridized carbons (Fsp3) is 0.500. The second-order valence-electron chi connectivity index (χ2n) is 8.04.